The molecular formula is C20H22N4O2S. The van der Waals surface area contributed by atoms with Gasteiger partial charge in [-0.05, 0) is 48.4 Å². The molecular weight excluding hydrogens is 360 g/mol. The van der Waals surface area contributed by atoms with E-state index in [0.29, 0.717) is 5.16 Å². The number of hydrogen-bond acceptors (Lipinski definition) is 5. The summed E-state index contributed by atoms with van der Waals surface area (Å²) in [5.74, 6) is 1.73. The van der Waals surface area contributed by atoms with Crippen molar-refractivity contribution in [1.82, 2.24) is 14.8 Å². The molecule has 3 aromatic rings. The number of carbonyl (C=O) groups excluding carboxylic acids is 1. The highest BCUT2D eigenvalue weighted by atomic mass is 32.2. The Labute approximate surface area is 163 Å². The fourth-order valence-electron chi connectivity index (χ4n) is 2.58. The highest BCUT2D eigenvalue weighted by Crippen LogP contribution is 2.24. The highest BCUT2D eigenvalue weighted by molar-refractivity contribution is 7.99. The maximum absolute atomic E-state index is 12.2. The van der Waals surface area contributed by atoms with Gasteiger partial charge in [-0.2, -0.15) is 0 Å². The minimum atomic E-state index is -0.0711. The summed E-state index contributed by atoms with van der Waals surface area (Å²) < 4.78 is 7.06. The van der Waals surface area contributed by atoms with Gasteiger partial charge in [-0.3, -0.25) is 4.79 Å². The van der Waals surface area contributed by atoms with E-state index in [9.17, 15) is 4.79 Å². The van der Waals surface area contributed by atoms with E-state index in [1.165, 1.54) is 17.3 Å². The molecule has 7 heteroatoms. The third kappa shape index (κ3) is 4.68. The van der Waals surface area contributed by atoms with Crippen LogP contribution in [0.5, 0.6) is 5.75 Å². The largest absolute Gasteiger partial charge is 0.497 e. The Morgan fingerprint density at radius 2 is 1.81 bits per heavy atom. The molecule has 27 heavy (non-hydrogen) atoms. The van der Waals surface area contributed by atoms with Crippen molar-refractivity contribution in [2.75, 3.05) is 18.2 Å². The van der Waals surface area contributed by atoms with Crippen LogP contribution in [0.3, 0.4) is 0 Å². The number of aromatic nitrogens is 3. The number of ether oxygens (including phenoxy) is 1. The monoisotopic (exact) mass is 382 g/mol. The van der Waals surface area contributed by atoms with Crippen molar-refractivity contribution < 1.29 is 9.53 Å². The molecule has 1 heterocycles. The smallest absolute Gasteiger partial charge is 0.234 e. The molecule has 0 aliphatic carbocycles. The Morgan fingerprint density at radius 3 is 2.44 bits per heavy atom. The Balaban J connectivity index is 1.60. The summed E-state index contributed by atoms with van der Waals surface area (Å²) >= 11 is 1.36. The van der Waals surface area contributed by atoms with Gasteiger partial charge in [0.25, 0.3) is 0 Å². The number of thioether (sulfide) groups is 1. The standard InChI is InChI=1S/C20H22N4O2S/c1-4-14-5-9-16(10-6-14)21-18(25)13-27-20-23-22-19(24(20)2)15-7-11-17(26-3)12-8-15/h5-12H,4,13H2,1-3H3,(H,21,25). The second-order valence-electron chi connectivity index (χ2n) is 5.98. The lowest BCUT2D eigenvalue weighted by Gasteiger charge is -2.07. The molecule has 140 valence electrons. The average molecular weight is 382 g/mol. The molecule has 0 atom stereocenters. The number of rotatable bonds is 7. The van der Waals surface area contributed by atoms with Crippen LogP contribution in [0.2, 0.25) is 0 Å². The molecule has 0 saturated carbocycles. The summed E-state index contributed by atoms with van der Waals surface area (Å²) in [4.78, 5) is 12.2. The first kappa shape index (κ1) is 19.0. The molecule has 0 fully saturated rings. The minimum absolute atomic E-state index is 0.0711. The molecule has 1 amide bonds. The van der Waals surface area contributed by atoms with Crippen molar-refractivity contribution in [3.05, 3.63) is 54.1 Å². The van der Waals surface area contributed by atoms with Crippen molar-refractivity contribution in [2.45, 2.75) is 18.5 Å². The molecule has 1 N–H and O–H groups in total. The van der Waals surface area contributed by atoms with Gasteiger partial charge in [0.15, 0.2) is 11.0 Å². The zero-order chi connectivity index (χ0) is 19.2. The average Bonchev–Trinajstić information content (AvgIpc) is 3.07. The summed E-state index contributed by atoms with van der Waals surface area (Å²) in [6.45, 7) is 2.10. The number of nitrogens with zero attached hydrogens (tertiary/aromatic N) is 3. The molecule has 2 aromatic carbocycles. The quantitative estimate of drug-likeness (QED) is 0.630. The zero-order valence-corrected chi connectivity index (χ0v) is 16.4. The zero-order valence-electron chi connectivity index (χ0n) is 15.6. The molecule has 0 spiro atoms. The Morgan fingerprint density at radius 1 is 1.11 bits per heavy atom. The van der Waals surface area contributed by atoms with E-state index >= 15 is 0 Å². The molecule has 3 rings (SSSR count). The van der Waals surface area contributed by atoms with Crippen LogP contribution in [0.1, 0.15) is 12.5 Å². The van der Waals surface area contributed by atoms with Crippen LogP contribution >= 0.6 is 11.8 Å². The van der Waals surface area contributed by atoms with Crippen LogP contribution in [0.15, 0.2) is 53.7 Å². The van der Waals surface area contributed by atoms with Crippen LogP contribution < -0.4 is 10.1 Å². The van der Waals surface area contributed by atoms with Crippen LogP contribution in [-0.4, -0.2) is 33.5 Å². The maximum Gasteiger partial charge on any atom is 0.234 e. The number of amides is 1. The summed E-state index contributed by atoms with van der Waals surface area (Å²) in [6, 6.07) is 15.5. The highest BCUT2D eigenvalue weighted by Gasteiger charge is 2.13. The minimum Gasteiger partial charge on any atom is -0.497 e. The van der Waals surface area contributed by atoms with E-state index in [4.69, 9.17) is 4.74 Å². The molecule has 0 aliphatic rings. The van der Waals surface area contributed by atoms with Gasteiger partial charge in [0, 0.05) is 18.3 Å². The summed E-state index contributed by atoms with van der Waals surface area (Å²) in [6.07, 6.45) is 0.979. The second kappa shape index (κ2) is 8.73. The van der Waals surface area contributed by atoms with Gasteiger partial charge in [-0.1, -0.05) is 30.8 Å². The normalized spacial score (nSPS) is 10.6. The Hall–Kier alpha value is -2.80. The lowest BCUT2D eigenvalue weighted by molar-refractivity contribution is -0.113. The van der Waals surface area contributed by atoms with E-state index in [-0.39, 0.29) is 11.7 Å². The number of methoxy groups -OCH3 is 1. The first-order valence-electron chi connectivity index (χ1n) is 8.66. The number of benzene rings is 2. The van der Waals surface area contributed by atoms with Gasteiger partial charge in [-0.25, -0.2) is 0 Å². The van der Waals surface area contributed by atoms with Gasteiger partial charge in [-0.15, -0.1) is 10.2 Å². The van der Waals surface area contributed by atoms with Crippen LogP contribution in [0.25, 0.3) is 11.4 Å². The van der Waals surface area contributed by atoms with Gasteiger partial charge in [0.05, 0.1) is 12.9 Å². The SMILES string of the molecule is CCc1ccc(NC(=O)CSc2nnc(-c3ccc(OC)cc3)n2C)cc1. The van der Waals surface area contributed by atoms with Crippen LogP contribution in [0, 0.1) is 0 Å². The summed E-state index contributed by atoms with van der Waals surface area (Å²) in [7, 11) is 3.53. The molecule has 0 unspecified atom stereocenters. The van der Waals surface area contributed by atoms with Gasteiger partial charge in [0.1, 0.15) is 5.75 Å². The van der Waals surface area contributed by atoms with Gasteiger partial charge < -0.3 is 14.6 Å². The molecule has 0 saturated heterocycles. The lowest BCUT2D eigenvalue weighted by atomic mass is 10.1. The van der Waals surface area contributed by atoms with Crippen molar-refractivity contribution >= 4 is 23.4 Å². The fourth-order valence-corrected chi connectivity index (χ4v) is 3.29. The third-order valence-electron chi connectivity index (χ3n) is 4.16. The van der Waals surface area contributed by atoms with Crippen LogP contribution in [0.4, 0.5) is 5.69 Å². The predicted molar refractivity (Wildman–Crippen MR) is 108 cm³/mol. The number of anilines is 1. The number of carbonyl (C=O) groups is 1. The predicted octanol–water partition coefficient (Wildman–Crippen LogP) is 3.78. The molecule has 0 radical (unpaired) electrons. The summed E-state index contributed by atoms with van der Waals surface area (Å²) in [5, 5.41) is 12.0. The molecule has 0 aliphatic heterocycles. The topological polar surface area (TPSA) is 69.0 Å². The first-order valence-corrected chi connectivity index (χ1v) is 9.64. The van der Waals surface area contributed by atoms with Gasteiger partial charge in [0.2, 0.25) is 5.91 Å². The Kier molecular flexibility index (Phi) is 6.13. The van der Waals surface area contributed by atoms with E-state index in [1.54, 1.807) is 7.11 Å². The molecule has 6 nitrogen and oxygen atoms in total. The van der Waals surface area contributed by atoms with Crippen LogP contribution in [-0.2, 0) is 18.3 Å². The maximum atomic E-state index is 12.2. The van der Waals surface area contributed by atoms with Crippen molar-refractivity contribution in [3.63, 3.8) is 0 Å². The number of hydrogen-bond donors (Lipinski definition) is 1. The first-order chi connectivity index (χ1) is 13.1. The third-order valence-corrected chi connectivity index (χ3v) is 5.18. The second-order valence-corrected chi connectivity index (χ2v) is 6.92. The van der Waals surface area contributed by atoms with E-state index in [1.807, 2.05) is 60.1 Å². The van der Waals surface area contributed by atoms with E-state index in [2.05, 4.69) is 22.4 Å². The fraction of sp³-hybridized carbons (Fsp3) is 0.250. The van der Waals surface area contributed by atoms with E-state index in [0.717, 1.165) is 29.2 Å². The molecule has 1 aromatic heterocycles. The van der Waals surface area contributed by atoms with Crippen molar-refractivity contribution in [2.24, 2.45) is 7.05 Å². The van der Waals surface area contributed by atoms with Gasteiger partial charge >= 0.3 is 0 Å². The van der Waals surface area contributed by atoms with Crippen molar-refractivity contribution in [1.29, 1.82) is 0 Å². The van der Waals surface area contributed by atoms with E-state index < -0.39 is 0 Å². The molecule has 0 bridgehead atoms. The summed E-state index contributed by atoms with van der Waals surface area (Å²) in [5.41, 5.74) is 2.99. The lowest BCUT2D eigenvalue weighted by Crippen LogP contribution is -2.14. The van der Waals surface area contributed by atoms with Crippen molar-refractivity contribution in [3.8, 4) is 17.1 Å². The number of aryl methyl sites for hydroxylation is 1. The Bertz CT molecular complexity index is 905. The number of nitrogens with one attached hydrogen (secondary N) is 1.